The molecule has 0 saturated heterocycles. The van der Waals surface area contributed by atoms with Crippen molar-refractivity contribution in [2.45, 2.75) is 25.8 Å². The third kappa shape index (κ3) is 5.48. The number of nitrogens with one attached hydrogen (secondary N) is 1. The molecule has 0 heterocycles. The average Bonchev–Trinajstić information content (AvgIpc) is 2.40. The standard InChI is InChI=1S/C15H19F2NO2/c1-3-7-18-12(10-15(19)20-4-2)8-11-5-6-13(16)14(17)9-11/h3,5-6,9,12,18H,1,4,7-8,10H2,2H3. The molecule has 5 heteroatoms. The van der Waals surface area contributed by atoms with Crippen molar-refractivity contribution in [2.75, 3.05) is 13.2 Å². The molecule has 1 atom stereocenters. The van der Waals surface area contributed by atoms with Crippen molar-refractivity contribution < 1.29 is 18.3 Å². The summed E-state index contributed by atoms with van der Waals surface area (Å²) in [6.45, 7) is 6.17. The third-order valence-electron chi connectivity index (χ3n) is 2.74. The van der Waals surface area contributed by atoms with Gasteiger partial charge < -0.3 is 10.1 Å². The highest BCUT2D eigenvalue weighted by atomic mass is 19.2. The highest BCUT2D eigenvalue weighted by Gasteiger charge is 2.15. The van der Waals surface area contributed by atoms with Gasteiger partial charge in [0.15, 0.2) is 11.6 Å². The number of benzene rings is 1. The lowest BCUT2D eigenvalue weighted by molar-refractivity contribution is -0.143. The van der Waals surface area contributed by atoms with Gasteiger partial charge in [-0.1, -0.05) is 12.1 Å². The number of ether oxygens (including phenoxy) is 1. The van der Waals surface area contributed by atoms with Crippen LogP contribution in [0.3, 0.4) is 0 Å². The van der Waals surface area contributed by atoms with E-state index in [1.54, 1.807) is 13.0 Å². The average molecular weight is 283 g/mol. The topological polar surface area (TPSA) is 38.3 Å². The summed E-state index contributed by atoms with van der Waals surface area (Å²) in [6, 6.07) is 3.52. The molecule has 1 rings (SSSR count). The van der Waals surface area contributed by atoms with Gasteiger partial charge in [0.25, 0.3) is 0 Å². The van der Waals surface area contributed by atoms with Crippen LogP contribution in [-0.2, 0) is 16.0 Å². The lowest BCUT2D eigenvalue weighted by atomic mass is 10.0. The number of carbonyl (C=O) groups is 1. The second-order valence-electron chi connectivity index (χ2n) is 4.36. The quantitative estimate of drug-likeness (QED) is 0.589. The van der Waals surface area contributed by atoms with Crippen molar-refractivity contribution in [3.63, 3.8) is 0 Å². The molecule has 1 aromatic rings. The van der Waals surface area contributed by atoms with Gasteiger partial charge >= 0.3 is 5.97 Å². The van der Waals surface area contributed by atoms with Gasteiger partial charge in [0.2, 0.25) is 0 Å². The Morgan fingerprint density at radius 2 is 2.20 bits per heavy atom. The summed E-state index contributed by atoms with van der Waals surface area (Å²) in [7, 11) is 0. The summed E-state index contributed by atoms with van der Waals surface area (Å²) in [5.41, 5.74) is 0.620. The van der Waals surface area contributed by atoms with Crippen LogP contribution in [0.15, 0.2) is 30.9 Å². The second kappa shape index (κ2) is 8.43. The van der Waals surface area contributed by atoms with Crippen LogP contribution in [0.25, 0.3) is 0 Å². The van der Waals surface area contributed by atoms with E-state index in [2.05, 4.69) is 11.9 Å². The van der Waals surface area contributed by atoms with Gasteiger partial charge in [-0.3, -0.25) is 4.79 Å². The fourth-order valence-electron chi connectivity index (χ4n) is 1.84. The lowest BCUT2D eigenvalue weighted by Gasteiger charge is -2.17. The molecule has 0 saturated carbocycles. The summed E-state index contributed by atoms with van der Waals surface area (Å²) in [5, 5.41) is 3.11. The largest absolute Gasteiger partial charge is 0.466 e. The minimum Gasteiger partial charge on any atom is -0.466 e. The Hall–Kier alpha value is -1.75. The van der Waals surface area contributed by atoms with Gasteiger partial charge in [0, 0.05) is 12.6 Å². The van der Waals surface area contributed by atoms with Crippen LogP contribution in [0.1, 0.15) is 18.9 Å². The first kappa shape index (κ1) is 16.3. The van der Waals surface area contributed by atoms with E-state index >= 15 is 0 Å². The first-order valence-corrected chi connectivity index (χ1v) is 6.50. The molecule has 0 amide bonds. The molecule has 0 aliphatic heterocycles. The Bertz CT molecular complexity index is 463. The molecular weight excluding hydrogens is 264 g/mol. The van der Waals surface area contributed by atoms with Crippen LogP contribution in [0.5, 0.6) is 0 Å². The van der Waals surface area contributed by atoms with E-state index in [4.69, 9.17) is 4.74 Å². The van der Waals surface area contributed by atoms with Crippen LogP contribution in [0.4, 0.5) is 8.78 Å². The van der Waals surface area contributed by atoms with Gasteiger partial charge in [0.1, 0.15) is 0 Å². The van der Waals surface area contributed by atoms with Crippen molar-refractivity contribution in [1.82, 2.24) is 5.32 Å². The molecule has 20 heavy (non-hydrogen) atoms. The minimum absolute atomic E-state index is 0.167. The maximum Gasteiger partial charge on any atom is 0.307 e. The van der Waals surface area contributed by atoms with E-state index in [-0.39, 0.29) is 18.4 Å². The van der Waals surface area contributed by atoms with Gasteiger partial charge in [-0.25, -0.2) is 8.78 Å². The zero-order valence-corrected chi connectivity index (χ0v) is 11.5. The number of carbonyl (C=O) groups excluding carboxylic acids is 1. The van der Waals surface area contributed by atoms with Crippen LogP contribution < -0.4 is 5.32 Å². The zero-order valence-electron chi connectivity index (χ0n) is 11.5. The smallest absolute Gasteiger partial charge is 0.307 e. The molecule has 0 aliphatic carbocycles. The van der Waals surface area contributed by atoms with E-state index in [1.807, 2.05) is 0 Å². The molecule has 0 radical (unpaired) electrons. The highest BCUT2D eigenvalue weighted by molar-refractivity contribution is 5.70. The minimum atomic E-state index is -0.888. The molecule has 1 unspecified atom stereocenters. The van der Waals surface area contributed by atoms with Crippen LogP contribution in [0, 0.1) is 11.6 Å². The number of hydrogen-bond donors (Lipinski definition) is 1. The third-order valence-corrected chi connectivity index (χ3v) is 2.74. The van der Waals surface area contributed by atoms with Crippen molar-refractivity contribution in [1.29, 1.82) is 0 Å². The summed E-state index contributed by atoms with van der Waals surface area (Å²) >= 11 is 0. The molecule has 0 aromatic heterocycles. The first-order valence-electron chi connectivity index (χ1n) is 6.50. The Kier molecular flexibility index (Phi) is 6.87. The monoisotopic (exact) mass is 283 g/mol. The van der Waals surface area contributed by atoms with Crippen LogP contribution in [-0.4, -0.2) is 25.2 Å². The number of halogens is 2. The maximum absolute atomic E-state index is 13.2. The predicted octanol–water partition coefficient (Wildman–Crippen LogP) is 2.60. The van der Waals surface area contributed by atoms with E-state index in [1.165, 1.54) is 6.07 Å². The van der Waals surface area contributed by atoms with Gasteiger partial charge in [-0.05, 0) is 31.0 Å². The van der Waals surface area contributed by atoms with E-state index in [9.17, 15) is 13.6 Å². The molecule has 1 aromatic carbocycles. The lowest BCUT2D eigenvalue weighted by Crippen LogP contribution is -2.34. The summed E-state index contributed by atoms with van der Waals surface area (Å²) in [4.78, 5) is 11.5. The van der Waals surface area contributed by atoms with E-state index in [0.717, 1.165) is 12.1 Å². The maximum atomic E-state index is 13.2. The summed E-state index contributed by atoms with van der Waals surface area (Å²) in [5.74, 6) is -2.09. The summed E-state index contributed by atoms with van der Waals surface area (Å²) < 4.78 is 30.9. The Morgan fingerprint density at radius 1 is 1.45 bits per heavy atom. The van der Waals surface area contributed by atoms with Crippen molar-refractivity contribution in [3.05, 3.63) is 48.1 Å². The Morgan fingerprint density at radius 3 is 2.80 bits per heavy atom. The van der Waals surface area contributed by atoms with E-state index in [0.29, 0.717) is 25.1 Å². The molecule has 0 bridgehead atoms. The molecule has 0 aliphatic rings. The number of esters is 1. The van der Waals surface area contributed by atoms with Crippen molar-refractivity contribution in [3.8, 4) is 0 Å². The second-order valence-corrected chi connectivity index (χ2v) is 4.36. The Labute approximate surface area is 117 Å². The zero-order chi connectivity index (χ0) is 15.0. The molecule has 110 valence electrons. The fourth-order valence-corrected chi connectivity index (χ4v) is 1.84. The first-order chi connectivity index (χ1) is 9.56. The Balaban J connectivity index is 2.69. The molecule has 1 N–H and O–H groups in total. The SMILES string of the molecule is C=CCNC(CC(=O)OCC)Cc1ccc(F)c(F)c1. The van der Waals surface area contributed by atoms with Gasteiger partial charge in [-0.2, -0.15) is 0 Å². The van der Waals surface area contributed by atoms with Gasteiger partial charge in [0.05, 0.1) is 13.0 Å². The van der Waals surface area contributed by atoms with Crippen LogP contribution >= 0.6 is 0 Å². The van der Waals surface area contributed by atoms with Crippen molar-refractivity contribution >= 4 is 5.97 Å². The molecule has 0 spiro atoms. The summed E-state index contributed by atoms with van der Waals surface area (Å²) in [6.07, 6.45) is 2.24. The number of hydrogen-bond acceptors (Lipinski definition) is 3. The highest BCUT2D eigenvalue weighted by Crippen LogP contribution is 2.12. The van der Waals surface area contributed by atoms with Gasteiger partial charge in [-0.15, -0.1) is 6.58 Å². The molecular formula is C15H19F2NO2. The molecule has 0 fully saturated rings. The normalized spacial score (nSPS) is 11.9. The number of rotatable bonds is 8. The van der Waals surface area contributed by atoms with Crippen LogP contribution in [0.2, 0.25) is 0 Å². The fraction of sp³-hybridized carbons (Fsp3) is 0.400. The predicted molar refractivity (Wildman–Crippen MR) is 73.3 cm³/mol. The van der Waals surface area contributed by atoms with E-state index < -0.39 is 11.6 Å². The van der Waals surface area contributed by atoms with Crippen molar-refractivity contribution in [2.24, 2.45) is 0 Å². The molecule has 3 nitrogen and oxygen atoms in total.